The van der Waals surface area contributed by atoms with E-state index in [1.165, 1.54) is 21.1 Å². The minimum Gasteiger partial charge on any atom is -0.497 e. The molecule has 0 aliphatic carbocycles. The zero-order valence-electron chi connectivity index (χ0n) is 13.7. The smallest absolute Gasteiger partial charge is 0.258 e. The summed E-state index contributed by atoms with van der Waals surface area (Å²) in [4.78, 5) is 27.9. The summed E-state index contributed by atoms with van der Waals surface area (Å²) >= 11 is 0. The third-order valence-electron chi connectivity index (χ3n) is 3.26. The van der Waals surface area contributed by atoms with Crippen LogP contribution in [0.25, 0.3) is 0 Å². The van der Waals surface area contributed by atoms with Crippen LogP contribution >= 0.6 is 0 Å². The molecule has 0 aliphatic rings. The second kappa shape index (κ2) is 8.07. The topological polar surface area (TPSA) is 89.6 Å². The van der Waals surface area contributed by atoms with Crippen molar-refractivity contribution >= 4 is 23.2 Å². The Bertz CT molecular complexity index is 719. The number of rotatable bonds is 6. The zero-order chi connectivity index (χ0) is 17.5. The molecule has 7 nitrogen and oxygen atoms in total. The lowest BCUT2D eigenvalue weighted by atomic mass is 10.1. The summed E-state index contributed by atoms with van der Waals surface area (Å²) in [5.74, 6) is -0.0775. The quantitative estimate of drug-likeness (QED) is 0.849. The number of ether oxygens (including phenoxy) is 2. The molecule has 0 aliphatic heterocycles. The Hall–Kier alpha value is -2.93. The van der Waals surface area contributed by atoms with Gasteiger partial charge in [0.15, 0.2) is 6.10 Å². The van der Waals surface area contributed by atoms with Crippen LogP contribution in [-0.2, 0) is 14.3 Å². The molecule has 0 saturated heterocycles. The number of carbonyl (C=O) groups is 2. The van der Waals surface area contributed by atoms with Crippen molar-refractivity contribution < 1.29 is 19.1 Å². The van der Waals surface area contributed by atoms with Crippen molar-refractivity contribution in [2.75, 3.05) is 24.9 Å². The van der Waals surface area contributed by atoms with Crippen molar-refractivity contribution in [1.29, 1.82) is 0 Å². The summed E-state index contributed by atoms with van der Waals surface area (Å²) in [7, 11) is 2.96. The van der Waals surface area contributed by atoms with E-state index in [2.05, 4.69) is 15.6 Å². The van der Waals surface area contributed by atoms with Gasteiger partial charge in [-0.05, 0) is 18.2 Å². The molecule has 24 heavy (non-hydrogen) atoms. The number of pyridine rings is 1. The molecule has 7 heteroatoms. The molecule has 1 heterocycles. The Labute approximate surface area is 140 Å². The van der Waals surface area contributed by atoms with E-state index in [9.17, 15) is 9.59 Å². The van der Waals surface area contributed by atoms with Gasteiger partial charge in [0.05, 0.1) is 18.5 Å². The van der Waals surface area contributed by atoms with Gasteiger partial charge in [-0.2, -0.15) is 0 Å². The van der Waals surface area contributed by atoms with Crippen molar-refractivity contribution in [1.82, 2.24) is 4.98 Å². The van der Waals surface area contributed by atoms with Gasteiger partial charge in [0.1, 0.15) is 5.75 Å². The molecule has 0 radical (unpaired) electrons. The van der Waals surface area contributed by atoms with Crippen LogP contribution in [0.1, 0.15) is 18.6 Å². The van der Waals surface area contributed by atoms with Crippen molar-refractivity contribution in [3.8, 4) is 5.75 Å². The minimum absolute atomic E-state index is 0.244. The highest BCUT2D eigenvalue weighted by Gasteiger charge is 2.21. The van der Waals surface area contributed by atoms with Gasteiger partial charge in [0.2, 0.25) is 5.91 Å². The molecule has 0 fully saturated rings. The van der Waals surface area contributed by atoms with E-state index in [0.717, 1.165) is 0 Å². The third-order valence-corrected chi connectivity index (χ3v) is 3.26. The number of carbonyl (C=O) groups excluding carboxylic acids is 2. The molecule has 126 valence electrons. The molecule has 1 atom stereocenters. The second-order valence-corrected chi connectivity index (χ2v) is 4.98. The van der Waals surface area contributed by atoms with E-state index in [4.69, 9.17) is 9.47 Å². The molecule has 1 aromatic heterocycles. The lowest BCUT2D eigenvalue weighted by Crippen LogP contribution is -2.23. The summed E-state index contributed by atoms with van der Waals surface area (Å²) in [6, 6.07) is 8.45. The Morgan fingerprint density at radius 3 is 2.50 bits per heavy atom. The highest BCUT2D eigenvalue weighted by Crippen LogP contribution is 2.28. The number of benzene rings is 1. The fourth-order valence-electron chi connectivity index (χ4n) is 2.18. The van der Waals surface area contributed by atoms with Crippen molar-refractivity contribution in [2.45, 2.75) is 13.0 Å². The van der Waals surface area contributed by atoms with Crippen LogP contribution < -0.4 is 15.4 Å². The average Bonchev–Trinajstić information content (AvgIpc) is 2.57. The SMILES string of the molecule is COc1ccc(NC(C)=O)c(NC(=O)C(OC)c2cccnc2)c1. The van der Waals surface area contributed by atoms with Gasteiger partial charge in [-0.1, -0.05) is 6.07 Å². The predicted octanol–water partition coefficient (Wildman–Crippen LogP) is 2.37. The van der Waals surface area contributed by atoms with Crippen molar-refractivity contribution in [3.63, 3.8) is 0 Å². The number of amides is 2. The van der Waals surface area contributed by atoms with Gasteiger partial charge in [-0.25, -0.2) is 0 Å². The first kappa shape index (κ1) is 17.4. The largest absolute Gasteiger partial charge is 0.497 e. The summed E-state index contributed by atoms with van der Waals surface area (Å²) in [5.41, 5.74) is 1.51. The maximum absolute atomic E-state index is 12.6. The normalized spacial score (nSPS) is 11.5. The Kier molecular flexibility index (Phi) is 5.86. The Balaban J connectivity index is 2.27. The summed E-state index contributed by atoms with van der Waals surface area (Å²) in [6.07, 6.45) is 2.36. The molecule has 0 bridgehead atoms. The molecule has 2 N–H and O–H groups in total. The van der Waals surface area contributed by atoms with Gasteiger partial charge in [0.25, 0.3) is 5.91 Å². The fourth-order valence-corrected chi connectivity index (χ4v) is 2.18. The number of nitrogens with zero attached hydrogens (tertiary/aromatic N) is 1. The molecule has 2 rings (SSSR count). The number of hydrogen-bond donors (Lipinski definition) is 2. The third kappa shape index (κ3) is 4.30. The number of methoxy groups -OCH3 is 2. The number of aromatic nitrogens is 1. The molecular formula is C17H19N3O4. The van der Waals surface area contributed by atoms with Crippen LogP contribution in [0.3, 0.4) is 0 Å². The van der Waals surface area contributed by atoms with Gasteiger partial charge in [-0.3, -0.25) is 14.6 Å². The number of nitrogens with one attached hydrogen (secondary N) is 2. The van der Waals surface area contributed by atoms with E-state index in [1.54, 1.807) is 42.7 Å². The Morgan fingerprint density at radius 1 is 1.12 bits per heavy atom. The van der Waals surface area contributed by atoms with Crippen LogP contribution in [0.4, 0.5) is 11.4 Å². The monoisotopic (exact) mass is 329 g/mol. The van der Waals surface area contributed by atoms with Crippen LogP contribution in [0.5, 0.6) is 5.75 Å². The summed E-state index contributed by atoms with van der Waals surface area (Å²) in [6.45, 7) is 1.39. The molecule has 2 amide bonds. The van der Waals surface area contributed by atoms with E-state index in [-0.39, 0.29) is 11.8 Å². The van der Waals surface area contributed by atoms with Crippen molar-refractivity contribution in [3.05, 3.63) is 48.3 Å². The maximum Gasteiger partial charge on any atom is 0.258 e. The van der Waals surface area contributed by atoms with Gasteiger partial charge >= 0.3 is 0 Å². The molecule has 1 aromatic carbocycles. The van der Waals surface area contributed by atoms with Gasteiger partial charge in [0, 0.05) is 38.1 Å². The molecule has 2 aromatic rings. The second-order valence-electron chi connectivity index (χ2n) is 4.98. The summed E-state index contributed by atoms with van der Waals surface area (Å²) in [5, 5.41) is 5.42. The molecular weight excluding hydrogens is 310 g/mol. The van der Waals surface area contributed by atoms with Crippen LogP contribution in [0.2, 0.25) is 0 Å². The molecule has 0 spiro atoms. The van der Waals surface area contributed by atoms with Gasteiger partial charge in [-0.15, -0.1) is 0 Å². The van der Waals surface area contributed by atoms with E-state index >= 15 is 0 Å². The van der Waals surface area contributed by atoms with E-state index < -0.39 is 6.10 Å². The summed E-state index contributed by atoms with van der Waals surface area (Å²) < 4.78 is 10.4. The van der Waals surface area contributed by atoms with Gasteiger partial charge < -0.3 is 20.1 Å². The molecule has 1 unspecified atom stereocenters. The van der Waals surface area contributed by atoms with Crippen LogP contribution in [-0.4, -0.2) is 31.0 Å². The fraction of sp³-hybridized carbons (Fsp3) is 0.235. The van der Waals surface area contributed by atoms with E-state index in [0.29, 0.717) is 22.7 Å². The first-order chi connectivity index (χ1) is 11.5. The molecule has 0 saturated carbocycles. The minimum atomic E-state index is -0.824. The van der Waals surface area contributed by atoms with Crippen LogP contribution in [0, 0.1) is 0 Å². The average molecular weight is 329 g/mol. The first-order valence-electron chi connectivity index (χ1n) is 7.24. The van der Waals surface area contributed by atoms with Crippen molar-refractivity contribution in [2.24, 2.45) is 0 Å². The lowest BCUT2D eigenvalue weighted by Gasteiger charge is -2.18. The number of anilines is 2. The van der Waals surface area contributed by atoms with Crippen LogP contribution in [0.15, 0.2) is 42.7 Å². The number of hydrogen-bond acceptors (Lipinski definition) is 5. The predicted molar refractivity (Wildman–Crippen MR) is 89.9 cm³/mol. The standard InChI is InChI=1S/C17H19N3O4/c1-11(21)19-14-7-6-13(23-2)9-15(14)20-17(22)16(24-3)12-5-4-8-18-10-12/h4-10,16H,1-3H3,(H,19,21)(H,20,22). The zero-order valence-corrected chi connectivity index (χ0v) is 13.7. The van der Waals surface area contributed by atoms with E-state index in [1.807, 2.05) is 0 Å². The Morgan fingerprint density at radius 2 is 1.92 bits per heavy atom. The highest BCUT2D eigenvalue weighted by atomic mass is 16.5. The maximum atomic E-state index is 12.6. The lowest BCUT2D eigenvalue weighted by molar-refractivity contribution is -0.126. The first-order valence-corrected chi connectivity index (χ1v) is 7.24. The highest BCUT2D eigenvalue weighted by molar-refractivity contribution is 6.01.